The van der Waals surface area contributed by atoms with E-state index in [-0.39, 0.29) is 52.3 Å². The molecule has 2 aliphatic carbocycles. The summed E-state index contributed by atoms with van der Waals surface area (Å²) in [4.78, 5) is 58.9. The lowest BCUT2D eigenvalue weighted by atomic mass is 9.84. The molecule has 2 saturated carbocycles. The Morgan fingerprint density at radius 3 is 1.28 bits per heavy atom. The van der Waals surface area contributed by atoms with Gasteiger partial charge in [-0.2, -0.15) is 10.2 Å². The maximum Gasteiger partial charge on any atom is 0.454 e. The van der Waals surface area contributed by atoms with Gasteiger partial charge in [0.1, 0.15) is 70.8 Å². The summed E-state index contributed by atoms with van der Waals surface area (Å²) < 4.78 is 195. The molecule has 4 heterocycles. The van der Waals surface area contributed by atoms with Crippen molar-refractivity contribution in [2.75, 3.05) is 0 Å². The van der Waals surface area contributed by atoms with Crippen molar-refractivity contribution in [3.8, 4) is 22.3 Å². The highest BCUT2D eigenvalue weighted by Crippen LogP contribution is 2.48. The third-order valence-electron chi connectivity index (χ3n) is 14.8. The Kier molecular flexibility index (Phi) is 22.7. The molecule has 0 bridgehead atoms. The fourth-order valence-electron chi connectivity index (χ4n) is 10.5. The lowest BCUT2D eigenvalue weighted by molar-refractivity contribution is -0.121. The van der Waals surface area contributed by atoms with Crippen LogP contribution in [0, 0.1) is 34.9 Å². The van der Waals surface area contributed by atoms with Gasteiger partial charge in [-0.15, -0.1) is 0 Å². The van der Waals surface area contributed by atoms with Gasteiger partial charge in [-0.25, -0.2) is 61.5 Å². The van der Waals surface area contributed by atoms with Crippen molar-refractivity contribution >= 4 is 46.4 Å². The van der Waals surface area contributed by atoms with Crippen molar-refractivity contribution in [1.82, 2.24) is 29.5 Å². The number of nitrogens with zero attached hydrogens (tertiary/aromatic N) is 6. The molecule has 4 aromatic carbocycles. The molecule has 10 rings (SSSR count). The Hall–Kier alpha value is -8.64. The summed E-state index contributed by atoms with van der Waals surface area (Å²) in [5.74, 6) is -10.9. The summed E-state index contributed by atoms with van der Waals surface area (Å²) in [6, 6.07) is 18.8. The number of alkyl halides is 8. The minimum Gasteiger partial charge on any atom is -0.427 e. The maximum atomic E-state index is 14.2. The van der Waals surface area contributed by atoms with E-state index in [4.69, 9.17) is 21.5 Å². The van der Waals surface area contributed by atoms with Gasteiger partial charge in [-0.3, -0.25) is 38.5 Å². The lowest BCUT2D eigenvalue weighted by Crippen LogP contribution is -2.19. The molecule has 92 heavy (non-hydrogen) atoms. The summed E-state index contributed by atoms with van der Waals surface area (Å²) in [6.07, 6.45) is -8.23. The average Bonchev–Trinajstić information content (AvgIpc) is 1.59. The van der Waals surface area contributed by atoms with Gasteiger partial charge in [0, 0.05) is 65.9 Å². The second-order valence-electron chi connectivity index (χ2n) is 21.6. The molecule has 8 aromatic rings. The van der Waals surface area contributed by atoms with Gasteiger partial charge in [0.05, 0.1) is 27.0 Å². The summed E-state index contributed by atoms with van der Waals surface area (Å²) >= 11 is 2.70. The first-order valence-electron chi connectivity index (χ1n) is 28.0. The molecular weight excluding hydrogens is 1310 g/mol. The van der Waals surface area contributed by atoms with Crippen LogP contribution in [-0.4, -0.2) is 70.1 Å². The number of pyridine rings is 2. The average molecular weight is 1360 g/mol. The second kappa shape index (κ2) is 30.2. The number of nitrogens with two attached hydrogens (primary N) is 2. The first-order chi connectivity index (χ1) is 43.6. The van der Waals surface area contributed by atoms with Crippen molar-refractivity contribution in [3.63, 3.8) is 0 Å². The van der Waals surface area contributed by atoms with Crippen LogP contribution in [0.1, 0.15) is 154 Å². The van der Waals surface area contributed by atoms with Crippen LogP contribution in [0.15, 0.2) is 114 Å². The summed E-state index contributed by atoms with van der Waals surface area (Å²) in [5.41, 5.74) is 8.08. The SMILES string of the molecule is NC(=O)c1cc(-c2cccnc2[C@@H](CC(=O)Cn2nc(C(F)F)c(Br)c2C(F)F)Cc2cc(F)cc(F)c2)ccc1F.NC(=O)c1cc(-c2cccnc2[C@@H](CC(=O)Cn2nc(C(F)F)c(C3CC3)c2C(F)F)Cc2cc(F)cc(F)c2)ccc1F.OB(O)C1CC1. The smallest absolute Gasteiger partial charge is 0.427 e. The number of aromatic nitrogens is 6. The van der Waals surface area contributed by atoms with E-state index in [1.807, 2.05) is 0 Å². The summed E-state index contributed by atoms with van der Waals surface area (Å²) in [6.45, 7) is -1.58. The van der Waals surface area contributed by atoms with E-state index in [0.29, 0.717) is 51.0 Å². The highest BCUT2D eigenvalue weighted by atomic mass is 79.9. The molecule has 2 fully saturated rings. The maximum absolute atomic E-state index is 14.2. The highest BCUT2D eigenvalue weighted by molar-refractivity contribution is 9.10. The van der Waals surface area contributed by atoms with Crippen LogP contribution < -0.4 is 11.5 Å². The zero-order valence-electron chi connectivity index (χ0n) is 47.7. The molecule has 2 amide bonds. The van der Waals surface area contributed by atoms with E-state index >= 15 is 0 Å². The van der Waals surface area contributed by atoms with Crippen LogP contribution in [0.3, 0.4) is 0 Å². The monoisotopic (exact) mass is 1360 g/mol. The van der Waals surface area contributed by atoms with Crippen LogP contribution in [0.2, 0.25) is 5.82 Å². The molecule has 14 nitrogen and oxygen atoms in total. The molecule has 6 N–H and O–H groups in total. The first kappa shape index (κ1) is 69.3. The Morgan fingerprint density at radius 1 is 0.533 bits per heavy atom. The van der Waals surface area contributed by atoms with E-state index in [1.54, 1.807) is 12.1 Å². The van der Waals surface area contributed by atoms with Crippen molar-refractivity contribution in [1.29, 1.82) is 0 Å². The highest BCUT2D eigenvalue weighted by Gasteiger charge is 2.39. The van der Waals surface area contributed by atoms with Crippen LogP contribution in [0.5, 0.6) is 0 Å². The Bertz CT molecular complexity index is 3980. The van der Waals surface area contributed by atoms with E-state index in [2.05, 4.69) is 36.1 Å². The normalized spacial score (nSPS) is 13.6. The molecule has 0 spiro atoms. The largest absolute Gasteiger partial charge is 0.454 e. The van der Waals surface area contributed by atoms with Gasteiger partial charge < -0.3 is 21.5 Å². The van der Waals surface area contributed by atoms with Crippen LogP contribution >= 0.6 is 15.9 Å². The number of halogens is 15. The van der Waals surface area contributed by atoms with Gasteiger partial charge in [0.2, 0.25) is 0 Å². The van der Waals surface area contributed by atoms with E-state index < -0.39 is 173 Å². The van der Waals surface area contributed by atoms with Gasteiger partial charge in [0.25, 0.3) is 37.5 Å². The molecule has 0 saturated heterocycles. The van der Waals surface area contributed by atoms with Crippen molar-refractivity contribution < 1.29 is 90.7 Å². The molecule has 2 aliphatic rings. The number of hydrogen-bond acceptors (Lipinski definition) is 10. The molecular formula is C62H52BBrF14N8O6. The number of hydrogen-bond donors (Lipinski definition) is 4. The van der Waals surface area contributed by atoms with Gasteiger partial charge in [-0.1, -0.05) is 37.1 Å². The van der Waals surface area contributed by atoms with Crippen LogP contribution in [-0.2, 0) is 35.5 Å². The van der Waals surface area contributed by atoms with E-state index in [0.717, 1.165) is 49.2 Å². The van der Waals surface area contributed by atoms with Crippen molar-refractivity contribution in [2.45, 2.75) is 114 Å². The summed E-state index contributed by atoms with van der Waals surface area (Å²) in [7, 11) is -1.04. The van der Waals surface area contributed by atoms with Gasteiger partial charge >= 0.3 is 7.12 Å². The molecule has 0 radical (unpaired) electrons. The van der Waals surface area contributed by atoms with Crippen LogP contribution in [0.4, 0.5) is 61.5 Å². The van der Waals surface area contributed by atoms with Crippen molar-refractivity contribution in [2.24, 2.45) is 11.5 Å². The number of amides is 2. The third-order valence-corrected chi connectivity index (χ3v) is 15.6. The number of ketones is 2. The fraction of sp³-hybridized carbons (Fsp3) is 0.290. The predicted octanol–water partition coefficient (Wildman–Crippen LogP) is 13.9. The number of carbonyl (C=O) groups is 4. The molecule has 4 aromatic heterocycles. The van der Waals surface area contributed by atoms with Gasteiger partial charge in [-0.05, 0) is 136 Å². The number of benzene rings is 4. The van der Waals surface area contributed by atoms with E-state index in [1.165, 1.54) is 48.8 Å². The quantitative estimate of drug-likeness (QED) is 0.0331. The van der Waals surface area contributed by atoms with Crippen LogP contribution in [0.25, 0.3) is 22.3 Å². The zero-order valence-corrected chi connectivity index (χ0v) is 49.3. The molecule has 30 heteroatoms. The number of carbonyl (C=O) groups excluding carboxylic acids is 4. The Morgan fingerprint density at radius 2 is 0.935 bits per heavy atom. The number of Topliss-reactive ketones (excluding diaryl/α,β-unsaturated/α-hetero) is 2. The Balaban J connectivity index is 0.000000217. The first-order valence-corrected chi connectivity index (χ1v) is 28.8. The minimum atomic E-state index is -3.24. The predicted molar refractivity (Wildman–Crippen MR) is 308 cm³/mol. The second-order valence-corrected chi connectivity index (χ2v) is 22.4. The lowest BCUT2D eigenvalue weighted by Gasteiger charge is -2.20. The third kappa shape index (κ3) is 17.5. The van der Waals surface area contributed by atoms with Gasteiger partial charge in [0.15, 0.2) is 11.6 Å². The minimum absolute atomic E-state index is 0.133. The molecule has 484 valence electrons. The van der Waals surface area contributed by atoms with E-state index in [9.17, 15) is 80.6 Å². The van der Waals surface area contributed by atoms with Crippen molar-refractivity contribution in [3.05, 3.63) is 211 Å². The summed E-state index contributed by atoms with van der Waals surface area (Å²) in [5, 5.41) is 23.7. The molecule has 2 atom stereocenters. The Labute approximate surface area is 523 Å². The molecule has 0 aliphatic heterocycles. The number of rotatable bonds is 24. The zero-order chi connectivity index (χ0) is 67.0. The molecule has 0 unspecified atom stereocenters. The topological polar surface area (TPSA) is 222 Å². The standard InChI is InChI=1S/C31H25F7N4O2.C28H20BrF7N4O2.C3H7BO2/c32-19-9-15(10-20(33)13-19)8-18(26-22(2-1-7-40-26)17-5-6-24(34)23(12-17)31(39)44)11-21(43)14-42-28(30(37)38)25(16-3-4-16)27(41-42)29(35)36;29-22-24(26(33)34)39-40(25(22)27(35)36)12-18(41)9-15(6-13-7-16(30)11-17(31)8-13)23-19(2-1-5-38-23)14-3-4-21(32)20(10-14)28(37)42;5-4(6)3-1-2-3/h1-2,5-7,9-10,12-13,16,18,29-30H,3-4,8,11,14H2,(H2,39,44);1-5,7-8,10-11,15,26-27H,6,9,12H2,(H2,37,42);3,5-6H,1-2H2/t18-;15-;/m11./s1. The number of primary amides is 2. The fourth-order valence-corrected chi connectivity index (χ4v) is 11.1.